The Kier molecular flexibility index (Phi) is 4.27. The second-order valence-electron chi connectivity index (χ2n) is 4.59. The van der Waals surface area contributed by atoms with Crippen molar-refractivity contribution in [1.82, 2.24) is 5.32 Å². The third-order valence-corrected chi connectivity index (χ3v) is 2.33. The molecule has 0 aromatic carbocycles. The van der Waals surface area contributed by atoms with E-state index < -0.39 is 17.0 Å². The van der Waals surface area contributed by atoms with E-state index in [0.29, 0.717) is 0 Å². The van der Waals surface area contributed by atoms with Gasteiger partial charge < -0.3 is 15.2 Å². The lowest BCUT2D eigenvalue weighted by Gasteiger charge is -2.25. The van der Waals surface area contributed by atoms with E-state index in [2.05, 4.69) is 5.32 Å². The third-order valence-electron chi connectivity index (χ3n) is 2.33. The number of carbonyl (C=O) groups is 2. The van der Waals surface area contributed by atoms with Gasteiger partial charge in [-0.3, -0.25) is 9.59 Å². The van der Waals surface area contributed by atoms with Crippen LogP contribution in [0.3, 0.4) is 0 Å². The van der Waals surface area contributed by atoms with Crippen molar-refractivity contribution >= 4 is 11.9 Å². The molecule has 0 saturated heterocycles. The van der Waals surface area contributed by atoms with Gasteiger partial charge in [0.05, 0.1) is 5.41 Å². The van der Waals surface area contributed by atoms with Crippen molar-refractivity contribution in [3.63, 3.8) is 0 Å². The molecule has 0 aliphatic heterocycles. The van der Waals surface area contributed by atoms with Crippen LogP contribution in [0.4, 0.5) is 0 Å². The van der Waals surface area contributed by atoms with Crippen LogP contribution in [0.2, 0.25) is 0 Å². The first-order valence-electron chi connectivity index (χ1n) is 4.70. The fourth-order valence-electron chi connectivity index (χ4n) is 0.682. The van der Waals surface area contributed by atoms with Crippen molar-refractivity contribution in [2.75, 3.05) is 13.7 Å². The van der Waals surface area contributed by atoms with Gasteiger partial charge in [-0.05, 0) is 27.7 Å². The van der Waals surface area contributed by atoms with Crippen LogP contribution < -0.4 is 5.32 Å². The maximum atomic E-state index is 11.5. The second kappa shape index (κ2) is 4.61. The number of ether oxygens (including phenoxy) is 1. The third kappa shape index (κ3) is 3.87. The van der Waals surface area contributed by atoms with Crippen LogP contribution in [0.5, 0.6) is 0 Å². The summed E-state index contributed by atoms with van der Waals surface area (Å²) in [6.45, 7) is 6.42. The molecule has 0 bridgehead atoms. The topological polar surface area (TPSA) is 75.6 Å². The first-order chi connectivity index (χ1) is 6.63. The number of carboxylic acids is 1. The molecule has 2 N–H and O–H groups in total. The normalized spacial score (nSPS) is 12.3. The molecule has 5 nitrogen and oxygen atoms in total. The summed E-state index contributed by atoms with van der Waals surface area (Å²) >= 11 is 0. The molecule has 0 aromatic heterocycles. The standard InChI is InChI=1S/C10H19NO4/c1-9(2,8(13)14)6-11-7(12)10(3,4)15-5/h6H2,1-5H3,(H,11,12)(H,13,14). The van der Waals surface area contributed by atoms with E-state index in [0.717, 1.165) is 0 Å². The molecule has 0 fully saturated rings. The summed E-state index contributed by atoms with van der Waals surface area (Å²) in [6, 6.07) is 0. The Labute approximate surface area is 89.8 Å². The summed E-state index contributed by atoms with van der Waals surface area (Å²) in [5.74, 6) is -1.27. The highest BCUT2D eigenvalue weighted by atomic mass is 16.5. The second-order valence-corrected chi connectivity index (χ2v) is 4.59. The van der Waals surface area contributed by atoms with E-state index in [1.54, 1.807) is 27.7 Å². The van der Waals surface area contributed by atoms with Crippen molar-refractivity contribution in [3.8, 4) is 0 Å². The van der Waals surface area contributed by atoms with E-state index in [4.69, 9.17) is 9.84 Å². The van der Waals surface area contributed by atoms with Crippen molar-refractivity contribution in [2.45, 2.75) is 33.3 Å². The molecule has 0 aliphatic carbocycles. The lowest BCUT2D eigenvalue weighted by Crippen LogP contribution is -2.48. The highest BCUT2D eigenvalue weighted by Gasteiger charge is 2.32. The van der Waals surface area contributed by atoms with Crippen LogP contribution in [0.25, 0.3) is 0 Å². The predicted octanol–water partition coefficient (Wildman–Crippen LogP) is 0.638. The molecule has 0 spiro atoms. The van der Waals surface area contributed by atoms with Gasteiger partial charge in [0.2, 0.25) is 0 Å². The zero-order valence-electron chi connectivity index (χ0n) is 9.88. The molecular formula is C10H19NO4. The average molecular weight is 217 g/mol. The average Bonchev–Trinajstić information content (AvgIpc) is 2.13. The first-order valence-corrected chi connectivity index (χ1v) is 4.70. The lowest BCUT2D eigenvalue weighted by atomic mass is 9.93. The van der Waals surface area contributed by atoms with E-state index in [1.807, 2.05) is 0 Å². The number of rotatable bonds is 5. The van der Waals surface area contributed by atoms with Gasteiger partial charge in [0.1, 0.15) is 5.60 Å². The van der Waals surface area contributed by atoms with Crippen LogP contribution in [-0.4, -0.2) is 36.2 Å². The molecule has 5 heteroatoms. The Hall–Kier alpha value is -1.10. The van der Waals surface area contributed by atoms with Crippen LogP contribution in [0, 0.1) is 5.41 Å². The Balaban J connectivity index is 4.30. The van der Waals surface area contributed by atoms with Crippen LogP contribution in [0.1, 0.15) is 27.7 Å². The van der Waals surface area contributed by atoms with Crippen molar-refractivity contribution in [2.24, 2.45) is 5.41 Å². The number of methoxy groups -OCH3 is 1. The predicted molar refractivity (Wildman–Crippen MR) is 55.5 cm³/mol. The van der Waals surface area contributed by atoms with E-state index in [1.165, 1.54) is 7.11 Å². The number of hydrogen-bond donors (Lipinski definition) is 2. The lowest BCUT2D eigenvalue weighted by molar-refractivity contribution is -0.148. The zero-order chi connectivity index (χ0) is 12.3. The minimum absolute atomic E-state index is 0.0773. The SMILES string of the molecule is COC(C)(C)C(=O)NCC(C)(C)C(=O)O. The Morgan fingerprint density at radius 2 is 1.73 bits per heavy atom. The Morgan fingerprint density at radius 1 is 1.27 bits per heavy atom. The van der Waals surface area contributed by atoms with Gasteiger partial charge in [0.25, 0.3) is 5.91 Å². The number of carboxylic acid groups (broad SMARTS) is 1. The van der Waals surface area contributed by atoms with Crippen LogP contribution in [0.15, 0.2) is 0 Å². The van der Waals surface area contributed by atoms with Gasteiger partial charge in [0.15, 0.2) is 0 Å². The molecule has 0 unspecified atom stereocenters. The summed E-state index contributed by atoms with van der Waals surface area (Å²) in [6.07, 6.45) is 0. The Bertz CT molecular complexity index is 258. The van der Waals surface area contributed by atoms with Crippen molar-refractivity contribution in [1.29, 1.82) is 0 Å². The van der Waals surface area contributed by atoms with Crippen molar-refractivity contribution in [3.05, 3.63) is 0 Å². The summed E-state index contributed by atoms with van der Waals surface area (Å²) in [7, 11) is 1.43. The molecule has 1 amide bonds. The highest BCUT2D eigenvalue weighted by molar-refractivity contribution is 5.85. The summed E-state index contributed by atoms with van der Waals surface area (Å²) in [4.78, 5) is 22.3. The van der Waals surface area contributed by atoms with Crippen LogP contribution >= 0.6 is 0 Å². The Morgan fingerprint density at radius 3 is 2.07 bits per heavy atom. The largest absolute Gasteiger partial charge is 0.481 e. The molecular weight excluding hydrogens is 198 g/mol. The number of carbonyl (C=O) groups excluding carboxylic acids is 1. The van der Waals surface area contributed by atoms with E-state index >= 15 is 0 Å². The molecule has 0 radical (unpaired) electrons. The molecule has 0 heterocycles. The molecule has 0 aliphatic rings. The minimum Gasteiger partial charge on any atom is -0.481 e. The quantitative estimate of drug-likeness (QED) is 0.708. The summed E-state index contributed by atoms with van der Waals surface area (Å²) in [5.41, 5.74) is -1.91. The van der Waals surface area contributed by atoms with Gasteiger partial charge in [-0.25, -0.2) is 0 Å². The van der Waals surface area contributed by atoms with Gasteiger partial charge in [-0.15, -0.1) is 0 Å². The van der Waals surface area contributed by atoms with Crippen molar-refractivity contribution < 1.29 is 19.4 Å². The molecule has 0 rings (SSSR count). The number of aliphatic carboxylic acids is 1. The van der Waals surface area contributed by atoms with Gasteiger partial charge in [0, 0.05) is 13.7 Å². The van der Waals surface area contributed by atoms with E-state index in [9.17, 15) is 9.59 Å². The van der Waals surface area contributed by atoms with Gasteiger partial charge in [-0.1, -0.05) is 0 Å². The minimum atomic E-state index is -0.973. The maximum absolute atomic E-state index is 11.5. The molecule has 0 atom stereocenters. The summed E-state index contributed by atoms with van der Waals surface area (Å²) < 4.78 is 4.97. The molecule has 0 saturated carbocycles. The molecule has 88 valence electrons. The monoisotopic (exact) mass is 217 g/mol. The first kappa shape index (κ1) is 13.9. The smallest absolute Gasteiger partial charge is 0.310 e. The van der Waals surface area contributed by atoms with Gasteiger partial charge >= 0.3 is 5.97 Å². The zero-order valence-corrected chi connectivity index (χ0v) is 9.88. The van der Waals surface area contributed by atoms with Crippen LogP contribution in [-0.2, 0) is 14.3 Å². The number of nitrogens with one attached hydrogen (secondary N) is 1. The van der Waals surface area contributed by atoms with E-state index in [-0.39, 0.29) is 12.5 Å². The molecule has 15 heavy (non-hydrogen) atoms. The fourth-order valence-corrected chi connectivity index (χ4v) is 0.682. The molecule has 0 aromatic rings. The number of amides is 1. The highest BCUT2D eigenvalue weighted by Crippen LogP contribution is 2.14. The summed E-state index contributed by atoms with van der Waals surface area (Å²) in [5, 5.41) is 11.4. The van der Waals surface area contributed by atoms with Gasteiger partial charge in [-0.2, -0.15) is 0 Å². The maximum Gasteiger partial charge on any atom is 0.310 e. The fraction of sp³-hybridized carbons (Fsp3) is 0.800. The number of hydrogen-bond acceptors (Lipinski definition) is 3.